The molecule has 16 heavy (non-hydrogen) atoms. The summed E-state index contributed by atoms with van der Waals surface area (Å²) in [5.74, 6) is 0.353. The van der Waals surface area contributed by atoms with Crippen LogP contribution in [-0.2, 0) is 9.53 Å². The molecule has 1 rings (SSSR count). The Bertz CT molecular complexity index is 213. The molecule has 0 saturated carbocycles. The Labute approximate surface area is 96.6 Å². The predicted octanol–water partition coefficient (Wildman–Crippen LogP) is -0.419. The van der Waals surface area contributed by atoms with E-state index >= 15 is 0 Å². The summed E-state index contributed by atoms with van der Waals surface area (Å²) in [5.41, 5.74) is 5.27. The summed E-state index contributed by atoms with van der Waals surface area (Å²) in [7, 11) is 0. The molecule has 1 fully saturated rings. The average molecular weight is 230 g/mol. The lowest BCUT2D eigenvalue weighted by atomic mass is 9.92. The lowest BCUT2D eigenvalue weighted by molar-refractivity contribution is -0.138. The number of hydrogen-bond acceptors (Lipinski definition) is 4. The number of nitrogens with two attached hydrogens (primary N) is 1. The van der Waals surface area contributed by atoms with E-state index in [9.17, 15) is 9.90 Å². The highest BCUT2D eigenvalue weighted by Crippen LogP contribution is 2.20. The minimum atomic E-state index is -0.272. The molecule has 0 aromatic carbocycles. The lowest BCUT2D eigenvalue weighted by Crippen LogP contribution is -2.42. The first kappa shape index (κ1) is 13.4. The minimum Gasteiger partial charge on any atom is -0.393 e. The maximum Gasteiger partial charge on any atom is 0.248 e. The Morgan fingerprint density at radius 1 is 1.56 bits per heavy atom. The fraction of sp³-hybridized carbons (Fsp3) is 0.909. The second-order valence-electron chi connectivity index (χ2n) is 4.30. The Hall–Kier alpha value is -0.650. The standard InChI is InChI=1S/C11H22N2O3/c1-9(14)10-2-5-13(6-3-10)11(15)8-16-7-4-12/h9-10,14H,2-8,12H2,1H3. The van der Waals surface area contributed by atoms with Gasteiger partial charge in [0.2, 0.25) is 5.91 Å². The molecular formula is C11H22N2O3. The molecule has 5 heteroatoms. The number of ether oxygens (including phenoxy) is 1. The van der Waals surface area contributed by atoms with Gasteiger partial charge in [0.15, 0.2) is 0 Å². The van der Waals surface area contributed by atoms with Gasteiger partial charge in [-0.05, 0) is 25.7 Å². The van der Waals surface area contributed by atoms with Gasteiger partial charge in [0.25, 0.3) is 0 Å². The van der Waals surface area contributed by atoms with Crippen LogP contribution in [0.5, 0.6) is 0 Å². The molecule has 1 saturated heterocycles. The number of aliphatic hydroxyl groups is 1. The Balaban J connectivity index is 2.22. The van der Waals surface area contributed by atoms with Crippen LogP contribution in [0.1, 0.15) is 19.8 Å². The monoisotopic (exact) mass is 230 g/mol. The molecule has 0 aliphatic carbocycles. The molecule has 0 spiro atoms. The SMILES string of the molecule is CC(O)C1CCN(C(=O)COCCN)CC1. The number of aliphatic hydroxyl groups excluding tert-OH is 1. The van der Waals surface area contributed by atoms with E-state index in [1.807, 2.05) is 6.92 Å². The summed E-state index contributed by atoms with van der Waals surface area (Å²) in [5, 5.41) is 9.43. The molecule has 1 aliphatic rings. The number of amides is 1. The molecule has 1 heterocycles. The van der Waals surface area contributed by atoms with Crippen molar-refractivity contribution in [2.75, 3.05) is 32.8 Å². The lowest BCUT2D eigenvalue weighted by Gasteiger charge is -2.33. The maximum absolute atomic E-state index is 11.6. The number of hydrogen-bond donors (Lipinski definition) is 2. The highest BCUT2D eigenvalue weighted by molar-refractivity contribution is 5.77. The average Bonchev–Trinajstić information content (AvgIpc) is 2.29. The largest absolute Gasteiger partial charge is 0.393 e. The molecule has 94 valence electrons. The topological polar surface area (TPSA) is 75.8 Å². The zero-order valence-electron chi connectivity index (χ0n) is 9.89. The molecule has 5 nitrogen and oxygen atoms in total. The van der Waals surface area contributed by atoms with Crippen molar-refractivity contribution in [3.63, 3.8) is 0 Å². The van der Waals surface area contributed by atoms with Crippen LogP contribution in [0.2, 0.25) is 0 Å². The van der Waals surface area contributed by atoms with Gasteiger partial charge < -0.3 is 20.5 Å². The van der Waals surface area contributed by atoms with Crippen LogP contribution in [0, 0.1) is 5.92 Å². The molecule has 0 radical (unpaired) electrons. The molecular weight excluding hydrogens is 208 g/mol. The van der Waals surface area contributed by atoms with E-state index in [0.717, 1.165) is 25.9 Å². The number of likely N-dealkylation sites (tertiary alicyclic amines) is 1. The Kier molecular flexibility index (Phi) is 5.73. The van der Waals surface area contributed by atoms with E-state index in [0.29, 0.717) is 19.1 Å². The zero-order valence-corrected chi connectivity index (χ0v) is 9.89. The van der Waals surface area contributed by atoms with Gasteiger partial charge in [0.1, 0.15) is 6.61 Å². The number of carbonyl (C=O) groups is 1. The predicted molar refractivity (Wildman–Crippen MR) is 60.9 cm³/mol. The van der Waals surface area contributed by atoms with Gasteiger partial charge in [-0.1, -0.05) is 0 Å². The maximum atomic E-state index is 11.6. The second kappa shape index (κ2) is 6.83. The fourth-order valence-corrected chi connectivity index (χ4v) is 1.97. The highest BCUT2D eigenvalue weighted by Gasteiger charge is 2.25. The molecule has 0 bridgehead atoms. The normalized spacial score (nSPS) is 19.8. The van der Waals surface area contributed by atoms with Crippen molar-refractivity contribution >= 4 is 5.91 Å². The van der Waals surface area contributed by atoms with Gasteiger partial charge in [-0.2, -0.15) is 0 Å². The second-order valence-corrected chi connectivity index (χ2v) is 4.30. The van der Waals surface area contributed by atoms with E-state index in [-0.39, 0.29) is 18.6 Å². The molecule has 1 aliphatic heterocycles. The third-order valence-corrected chi connectivity index (χ3v) is 3.06. The van der Waals surface area contributed by atoms with Gasteiger partial charge in [0.05, 0.1) is 12.7 Å². The van der Waals surface area contributed by atoms with Crippen LogP contribution in [0.3, 0.4) is 0 Å². The highest BCUT2D eigenvalue weighted by atomic mass is 16.5. The third kappa shape index (κ3) is 4.08. The summed E-state index contributed by atoms with van der Waals surface area (Å²) in [6.45, 7) is 4.25. The van der Waals surface area contributed by atoms with Crippen LogP contribution >= 0.6 is 0 Å². The summed E-state index contributed by atoms with van der Waals surface area (Å²) in [6, 6.07) is 0. The van der Waals surface area contributed by atoms with E-state index in [1.165, 1.54) is 0 Å². The van der Waals surface area contributed by atoms with Crippen LogP contribution in [-0.4, -0.2) is 54.9 Å². The van der Waals surface area contributed by atoms with Gasteiger partial charge in [-0.15, -0.1) is 0 Å². The Morgan fingerprint density at radius 2 is 2.19 bits per heavy atom. The summed E-state index contributed by atoms with van der Waals surface area (Å²) in [4.78, 5) is 13.4. The minimum absolute atomic E-state index is 0.0255. The first-order valence-electron chi connectivity index (χ1n) is 5.88. The zero-order chi connectivity index (χ0) is 12.0. The van der Waals surface area contributed by atoms with Crippen LogP contribution < -0.4 is 5.73 Å². The molecule has 0 aromatic rings. The van der Waals surface area contributed by atoms with Crippen molar-refractivity contribution in [3.05, 3.63) is 0 Å². The number of piperidine rings is 1. The van der Waals surface area contributed by atoms with Crippen molar-refractivity contribution in [2.24, 2.45) is 11.7 Å². The van der Waals surface area contributed by atoms with Gasteiger partial charge in [0, 0.05) is 19.6 Å². The van der Waals surface area contributed by atoms with Gasteiger partial charge in [-0.25, -0.2) is 0 Å². The molecule has 3 N–H and O–H groups in total. The molecule has 1 amide bonds. The summed E-state index contributed by atoms with van der Waals surface area (Å²) >= 11 is 0. The molecule has 0 aromatic heterocycles. The Morgan fingerprint density at radius 3 is 2.69 bits per heavy atom. The third-order valence-electron chi connectivity index (χ3n) is 3.06. The first-order valence-corrected chi connectivity index (χ1v) is 5.88. The fourth-order valence-electron chi connectivity index (χ4n) is 1.97. The van der Waals surface area contributed by atoms with Gasteiger partial charge in [-0.3, -0.25) is 4.79 Å². The number of carbonyl (C=O) groups excluding carboxylic acids is 1. The van der Waals surface area contributed by atoms with Gasteiger partial charge >= 0.3 is 0 Å². The van der Waals surface area contributed by atoms with Crippen molar-refractivity contribution in [3.8, 4) is 0 Å². The number of nitrogens with zero attached hydrogens (tertiary/aromatic N) is 1. The van der Waals surface area contributed by atoms with E-state index in [4.69, 9.17) is 10.5 Å². The van der Waals surface area contributed by atoms with E-state index < -0.39 is 0 Å². The summed E-state index contributed by atoms with van der Waals surface area (Å²) < 4.78 is 5.11. The van der Waals surface area contributed by atoms with Crippen molar-refractivity contribution in [2.45, 2.75) is 25.9 Å². The van der Waals surface area contributed by atoms with Crippen LogP contribution in [0.4, 0.5) is 0 Å². The van der Waals surface area contributed by atoms with Crippen molar-refractivity contribution in [1.82, 2.24) is 4.90 Å². The quantitative estimate of drug-likeness (QED) is 0.629. The van der Waals surface area contributed by atoms with E-state index in [1.54, 1.807) is 4.90 Å². The number of rotatable bonds is 5. The van der Waals surface area contributed by atoms with Crippen LogP contribution in [0.15, 0.2) is 0 Å². The first-order chi connectivity index (χ1) is 7.65. The van der Waals surface area contributed by atoms with Crippen molar-refractivity contribution < 1.29 is 14.6 Å². The molecule has 1 unspecified atom stereocenters. The van der Waals surface area contributed by atoms with E-state index in [2.05, 4.69) is 0 Å². The van der Waals surface area contributed by atoms with Crippen molar-refractivity contribution in [1.29, 1.82) is 0 Å². The molecule has 1 atom stereocenters. The summed E-state index contributed by atoms with van der Waals surface area (Å²) in [6.07, 6.45) is 1.48. The van der Waals surface area contributed by atoms with Crippen LogP contribution in [0.25, 0.3) is 0 Å². The smallest absolute Gasteiger partial charge is 0.248 e.